The molecule has 106 valence electrons. The fourth-order valence-electron chi connectivity index (χ4n) is 1.83. The Bertz CT molecular complexity index is 554. The Morgan fingerprint density at radius 2 is 2.10 bits per heavy atom. The highest BCUT2D eigenvalue weighted by Gasteiger charge is 2.18. The summed E-state index contributed by atoms with van der Waals surface area (Å²) in [6.45, 7) is 1.74. The van der Waals surface area contributed by atoms with Gasteiger partial charge in [0.2, 0.25) is 5.91 Å². The number of hydrogen-bond donors (Lipinski definition) is 2. The molecule has 0 fully saturated rings. The molecule has 1 aromatic heterocycles. The number of nitrogens with one attached hydrogen (secondary N) is 1. The van der Waals surface area contributed by atoms with Crippen molar-refractivity contribution in [3.8, 4) is 0 Å². The maximum Gasteiger partial charge on any atom is 0.226 e. The maximum atomic E-state index is 11.8. The average Bonchev–Trinajstić information content (AvgIpc) is 2.91. The fourth-order valence-corrected chi connectivity index (χ4v) is 1.95. The number of rotatable bonds is 5. The van der Waals surface area contributed by atoms with E-state index in [1.54, 1.807) is 37.3 Å². The molecule has 2 N–H and O–H groups in total. The molecule has 6 heteroatoms. The van der Waals surface area contributed by atoms with Crippen molar-refractivity contribution in [3.05, 3.63) is 52.9 Å². The van der Waals surface area contributed by atoms with Gasteiger partial charge in [-0.2, -0.15) is 0 Å². The highest BCUT2D eigenvalue weighted by Crippen LogP contribution is 2.19. The number of aliphatic hydroxyl groups is 1. The van der Waals surface area contributed by atoms with Crippen molar-refractivity contribution in [1.29, 1.82) is 0 Å². The van der Waals surface area contributed by atoms with Crippen LogP contribution in [0.15, 0.2) is 41.1 Å². The van der Waals surface area contributed by atoms with E-state index in [1.807, 2.05) is 0 Å². The third kappa shape index (κ3) is 3.82. The number of carbonyl (C=O) groups excluding carboxylic acids is 1. The first kappa shape index (κ1) is 14.6. The Kier molecular flexibility index (Phi) is 4.76. The molecule has 1 aromatic carbocycles. The quantitative estimate of drug-likeness (QED) is 0.885. The second-order valence-corrected chi connectivity index (χ2v) is 4.96. The maximum absolute atomic E-state index is 11.8. The van der Waals surface area contributed by atoms with Crippen molar-refractivity contribution >= 4 is 17.5 Å². The Balaban J connectivity index is 1.91. The molecule has 0 aliphatic rings. The molecule has 2 aromatic rings. The largest absolute Gasteiger partial charge is 0.386 e. The molecule has 0 radical (unpaired) electrons. The third-order valence-corrected chi connectivity index (χ3v) is 3.16. The predicted molar refractivity (Wildman–Crippen MR) is 74.2 cm³/mol. The Hall–Kier alpha value is -1.85. The normalized spacial score (nSPS) is 13.8. The van der Waals surface area contributed by atoms with Crippen LogP contribution in [-0.4, -0.2) is 22.2 Å². The van der Waals surface area contributed by atoms with Crippen LogP contribution in [0.25, 0.3) is 0 Å². The summed E-state index contributed by atoms with van der Waals surface area (Å²) in [6.07, 6.45) is 0.733. The van der Waals surface area contributed by atoms with Gasteiger partial charge in [-0.3, -0.25) is 4.79 Å². The second-order valence-electron chi connectivity index (χ2n) is 4.52. The molecule has 20 heavy (non-hydrogen) atoms. The molecule has 5 nitrogen and oxygen atoms in total. The van der Waals surface area contributed by atoms with Gasteiger partial charge in [0, 0.05) is 11.1 Å². The van der Waals surface area contributed by atoms with Crippen molar-refractivity contribution in [2.24, 2.45) is 0 Å². The zero-order valence-corrected chi connectivity index (χ0v) is 11.7. The van der Waals surface area contributed by atoms with Gasteiger partial charge in [0.15, 0.2) is 0 Å². The Morgan fingerprint density at radius 1 is 1.40 bits per heavy atom. The number of amides is 1. The topological polar surface area (TPSA) is 75.4 Å². The molecule has 0 bridgehead atoms. The molecule has 0 saturated carbocycles. The van der Waals surface area contributed by atoms with Crippen molar-refractivity contribution < 1.29 is 14.4 Å². The zero-order valence-electron chi connectivity index (χ0n) is 10.9. The lowest BCUT2D eigenvalue weighted by molar-refractivity contribution is -0.121. The zero-order chi connectivity index (χ0) is 14.5. The van der Waals surface area contributed by atoms with E-state index in [0.29, 0.717) is 16.3 Å². The van der Waals surface area contributed by atoms with E-state index in [9.17, 15) is 9.90 Å². The first-order valence-corrected chi connectivity index (χ1v) is 6.56. The lowest BCUT2D eigenvalue weighted by atomic mass is 10.0. The van der Waals surface area contributed by atoms with E-state index in [-0.39, 0.29) is 12.3 Å². The number of halogens is 1. The van der Waals surface area contributed by atoms with Crippen molar-refractivity contribution in [2.75, 3.05) is 0 Å². The molecule has 0 unspecified atom stereocenters. The summed E-state index contributed by atoms with van der Waals surface area (Å²) >= 11 is 5.79. The summed E-state index contributed by atoms with van der Waals surface area (Å²) in [5.74, 6) is -0.223. The predicted octanol–water partition coefficient (Wildman–Crippen LogP) is 2.11. The molecular formula is C14H15ClN2O3. The lowest BCUT2D eigenvalue weighted by Crippen LogP contribution is -2.38. The van der Waals surface area contributed by atoms with Gasteiger partial charge >= 0.3 is 0 Å². The van der Waals surface area contributed by atoms with E-state index in [0.717, 1.165) is 0 Å². The van der Waals surface area contributed by atoms with Crippen LogP contribution in [0.1, 0.15) is 24.3 Å². The summed E-state index contributed by atoms with van der Waals surface area (Å²) in [7, 11) is 0. The van der Waals surface area contributed by atoms with E-state index in [1.165, 1.54) is 6.26 Å². The minimum absolute atomic E-state index is 0.119. The van der Waals surface area contributed by atoms with Gasteiger partial charge < -0.3 is 14.9 Å². The van der Waals surface area contributed by atoms with Crippen molar-refractivity contribution in [3.63, 3.8) is 0 Å². The molecule has 0 saturated heterocycles. The number of benzene rings is 1. The summed E-state index contributed by atoms with van der Waals surface area (Å²) in [5, 5.41) is 17.2. The van der Waals surface area contributed by atoms with Crippen LogP contribution < -0.4 is 5.32 Å². The molecule has 0 aliphatic heterocycles. The van der Waals surface area contributed by atoms with Crippen LogP contribution in [-0.2, 0) is 11.2 Å². The molecule has 1 amide bonds. The van der Waals surface area contributed by atoms with Crippen LogP contribution in [0.4, 0.5) is 0 Å². The van der Waals surface area contributed by atoms with Gasteiger partial charge in [-0.1, -0.05) is 28.9 Å². The van der Waals surface area contributed by atoms with Gasteiger partial charge in [0.05, 0.1) is 24.3 Å². The van der Waals surface area contributed by atoms with E-state index >= 15 is 0 Å². The van der Waals surface area contributed by atoms with Gasteiger partial charge in [-0.25, -0.2) is 0 Å². The van der Waals surface area contributed by atoms with Crippen LogP contribution in [0.3, 0.4) is 0 Å². The number of carbonyl (C=O) groups is 1. The molecule has 1 heterocycles. The van der Waals surface area contributed by atoms with Crippen LogP contribution in [0.2, 0.25) is 5.02 Å². The Morgan fingerprint density at radius 3 is 2.70 bits per heavy atom. The standard InChI is InChI=1S/C14H15ClN2O3/c1-9(14(19)10-2-4-11(15)5-3-10)16-13(18)8-12-6-7-20-17-12/h2-7,9,14,19H,8H2,1H3,(H,16,18)/t9-,14-/m1/s1. The van der Waals surface area contributed by atoms with Crippen molar-refractivity contribution in [2.45, 2.75) is 25.5 Å². The molecule has 0 spiro atoms. The number of nitrogens with zero attached hydrogens (tertiary/aromatic N) is 1. The molecular weight excluding hydrogens is 280 g/mol. The number of aromatic nitrogens is 1. The minimum Gasteiger partial charge on any atom is -0.386 e. The SMILES string of the molecule is C[C@@H](NC(=O)Cc1ccon1)[C@@H](O)c1ccc(Cl)cc1. The van der Waals surface area contributed by atoms with Crippen LogP contribution in [0, 0.1) is 0 Å². The van der Waals surface area contributed by atoms with Crippen molar-refractivity contribution in [1.82, 2.24) is 10.5 Å². The van der Waals surface area contributed by atoms with Gasteiger partial charge in [-0.05, 0) is 24.6 Å². The molecule has 2 rings (SSSR count). The molecule has 2 atom stereocenters. The summed E-state index contributed by atoms with van der Waals surface area (Å²) in [5.41, 5.74) is 1.25. The van der Waals surface area contributed by atoms with Crippen LogP contribution >= 0.6 is 11.6 Å². The lowest BCUT2D eigenvalue weighted by Gasteiger charge is -2.20. The van der Waals surface area contributed by atoms with E-state index in [2.05, 4.69) is 15.0 Å². The second kappa shape index (κ2) is 6.54. The van der Waals surface area contributed by atoms with Gasteiger partial charge in [0.1, 0.15) is 6.26 Å². The minimum atomic E-state index is -0.798. The number of aliphatic hydroxyl groups excluding tert-OH is 1. The van der Waals surface area contributed by atoms with Gasteiger partial charge in [0.25, 0.3) is 0 Å². The number of hydrogen-bond acceptors (Lipinski definition) is 4. The molecule has 0 aliphatic carbocycles. The smallest absolute Gasteiger partial charge is 0.226 e. The average molecular weight is 295 g/mol. The highest BCUT2D eigenvalue weighted by molar-refractivity contribution is 6.30. The summed E-state index contributed by atoms with van der Waals surface area (Å²) < 4.78 is 4.66. The summed E-state index contributed by atoms with van der Waals surface area (Å²) in [6, 6.07) is 8.06. The first-order chi connectivity index (χ1) is 9.56. The highest BCUT2D eigenvalue weighted by atomic mass is 35.5. The first-order valence-electron chi connectivity index (χ1n) is 6.18. The fraction of sp³-hybridized carbons (Fsp3) is 0.286. The van der Waals surface area contributed by atoms with Crippen LogP contribution in [0.5, 0.6) is 0 Å². The third-order valence-electron chi connectivity index (χ3n) is 2.91. The monoisotopic (exact) mass is 294 g/mol. The Labute approximate surface area is 121 Å². The van der Waals surface area contributed by atoms with E-state index < -0.39 is 12.1 Å². The van der Waals surface area contributed by atoms with Gasteiger partial charge in [-0.15, -0.1) is 0 Å². The van der Waals surface area contributed by atoms with E-state index in [4.69, 9.17) is 11.6 Å². The summed E-state index contributed by atoms with van der Waals surface area (Å²) in [4.78, 5) is 11.8.